The summed E-state index contributed by atoms with van der Waals surface area (Å²) in [7, 11) is 3.06. The highest BCUT2D eigenvalue weighted by molar-refractivity contribution is 8.76. The van der Waals surface area contributed by atoms with Crippen LogP contribution in [0, 0.1) is 0 Å². The fourth-order valence-electron chi connectivity index (χ4n) is 5.55. The highest BCUT2D eigenvalue weighted by atomic mass is 33.1. The summed E-state index contributed by atoms with van der Waals surface area (Å²) in [5, 5.41) is 43.2. The molecule has 0 unspecified atom stereocenters. The number of aliphatic hydroxyl groups excluding tert-OH is 4. The van der Waals surface area contributed by atoms with Crippen LogP contribution in [0.25, 0.3) is 0 Å². The Morgan fingerprint density at radius 1 is 0.933 bits per heavy atom. The van der Waals surface area contributed by atoms with Crippen LogP contribution in [0.4, 0.5) is 0 Å². The van der Waals surface area contributed by atoms with E-state index in [1.54, 1.807) is 17.0 Å². The van der Waals surface area contributed by atoms with Crippen LogP contribution in [0.1, 0.15) is 25.7 Å². The van der Waals surface area contributed by atoms with Crippen LogP contribution < -0.4 is 28.7 Å². The molecule has 1 aliphatic carbocycles. The van der Waals surface area contributed by atoms with Crippen LogP contribution in [-0.4, -0.2) is 136 Å². The van der Waals surface area contributed by atoms with Crippen molar-refractivity contribution >= 4 is 27.6 Å². The number of nitrogens with two attached hydrogens (primary N) is 5. The molecular formula is C27H46N6O10S2. The molecule has 2 aliphatic heterocycles. The standard InChI is InChI=1S/C27H46N6O10S2/c28-10-16-15(35)9-14(31)26(39-16)42-23-12(29)8-13(30)24(22(23)38)43-27-21(37)20(32)25(17(11-34)40-27)41-19(36)5-3-7-44-45-18-4-1-2-6-33-18/h1-2,4,6,12-17,20-27,34-35,37-38H,3,5,7-11,28-32H2/t12-,13+,14+,15-,16+,17-,20+,21-,22-,23+,24-,25-,26+,27-/m0/s1. The van der Waals surface area contributed by atoms with E-state index in [-0.39, 0.29) is 25.8 Å². The zero-order valence-corrected chi connectivity index (χ0v) is 26.4. The first-order chi connectivity index (χ1) is 21.5. The fourth-order valence-corrected chi connectivity index (χ4v) is 7.52. The molecule has 3 aliphatic rings. The zero-order chi connectivity index (χ0) is 32.7. The van der Waals surface area contributed by atoms with E-state index < -0.39 is 98.2 Å². The topological polar surface area (TPSA) is 287 Å². The number of carbonyl (C=O) groups excluding carboxylic acids is 1. The summed E-state index contributed by atoms with van der Waals surface area (Å²) in [4.78, 5) is 16.8. The van der Waals surface area contributed by atoms with Crippen LogP contribution in [0.5, 0.6) is 0 Å². The quantitative estimate of drug-likeness (QED) is 0.0566. The summed E-state index contributed by atoms with van der Waals surface area (Å²) in [6.45, 7) is -0.552. The van der Waals surface area contributed by atoms with Crippen molar-refractivity contribution in [1.82, 2.24) is 4.98 Å². The highest BCUT2D eigenvalue weighted by Gasteiger charge is 2.51. The minimum Gasteiger partial charge on any atom is -0.458 e. The summed E-state index contributed by atoms with van der Waals surface area (Å²) in [6, 6.07) is 2.20. The van der Waals surface area contributed by atoms with E-state index in [1.165, 1.54) is 10.8 Å². The average molecular weight is 679 g/mol. The predicted octanol–water partition coefficient (Wildman–Crippen LogP) is -3.13. The van der Waals surface area contributed by atoms with E-state index in [4.69, 9.17) is 52.4 Å². The monoisotopic (exact) mass is 678 g/mol. The number of hydrogen-bond donors (Lipinski definition) is 9. The summed E-state index contributed by atoms with van der Waals surface area (Å²) < 4.78 is 28.9. The van der Waals surface area contributed by atoms with Crippen LogP contribution in [0.2, 0.25) is 0 Å². The SMILES string of the molecule is NC[C@H]1O[C@H](O[C@H]2[C@H](O)[C@@H](O[C@@H]3O[C@@H](CO)[C@H](OC(=O)CCCSSc4ccccn4)[C@H](N)[C@@H]3O)[C@H](N)C[C@@H]2N)[C@H](N)C[C@@H]1O. The Labute approximate surface area is 269 Å². The second-order valence-corrected chi connectivity index (χ2v) is 13.9. The summed E-state index contributed by atoms with van der Waals surface area (Å²) in [5.74, 6) is 0.108. The van der Waals surface area contributed by atoms with Crippen LogP contribution in [0.3, 0.4) is 0 Å². The number of nitrogens with zero attached hydrogens (tertiary/aromatic N) is 1. The number of aromatic nitrogens is 1. The Hall–Kier alpha value is -1.20. The lowest BCUT2D eigenvalue weighted by molar-refractivity contribution is -0.315. The highest BCUT2D eigenvalue weighted by Crippen LogP contribution is 2.32. The van der Waals surface area contributed by atoms with Gasteiger partial charge in [-0.05, 0) is 42.2 Å². The minimum absolute atomic E-state index is 0.0357. The van der Waals surface area contributed by atoms with E-state index in [1.807, 2.05) is 18.2 Å². The van der Waals surface area contributed by atoms with Crippen molar-refractivity contribution in [1.29, 1.82) is 0 Å². The van der Waals surface area contributed by atoms with Gasteiger partial charge >= 0.3 is 5.97 Å². The molecule has 1 saturated carbocycles. The molecule has 14 N–H and O–H groups in total. The van der Waals surface area contributed by atoms with Gasteiger partial charge in [-0.1, -0.05) is 16.9 Å². The average Bonchev–Trinajstić information content (AvgIpc) is 3.01. The number of ether oxygens (including phenoxy) is 5. The molecule has 1 aromatic heterocycles. The van der Waals surface area contributed by atoms with E-state index >= 15 is 0 Å². The Kier molecular flexibility index (Phi) is 14.1. The smallest absolute Gasteiger partial charge is 0.306 e. The van der Waals surface area contributed by atoms with Crippen molar-refractivity contribution in [2.75, 3.05) is 18.9 Å². The molecule has 3 fully saturated rings. The molecule has 0 aromatic carbocycles. The van der Waals surface area contributed by atoms with E-state index in [0.717, 1.165) is 5.03 Å². The van der Waals surface area contributed by atoms with Crippen molar-refractivity contribution in [2.45, 2.75) is 116 Å². The Morgan fingerprint density at radius 3 is 2.27 bits per heavy atom. The third kappa shape index (κ3) is 9.46. The molecule has 0 bridgehead atoms. The summed E-state index contributed by atoms with van der Waals surface area (Å²) >= 11 is 0. The van der Waals surface area contributed by atoms with Crippen molar-refractivity contribution < 1.29 is 48.9 Å². The van der Waals surface area contributed by atoms with Gasteiger partial charge in [0.2, 0.25) is 0 Å². The largest absolute Gasteiger partial charge is 0.458 e. The second-order valence-electron chi connectivity index (χ2n) is 11.4. The maximum atomic E-state index is 12.6. The lowest BCUT2D eigenvalue weighted by atomic mass is 9.84. The first-order valence-electron chi connectivity index (χ1n) is 14.9. The van der Waals surface area contributed by atoms with Crippen molar-refractivity contribution in [3.63, 3.8) is 0 Å². The second kappa shape index (κ2) is 17.3. The number of aliphatic hydroxyl groups is 4. The number of pyridine rings is 1. The van der Waals surface area contributed by atoms with Crippen molar-refractivity contribution in [3.05, 3.63) is 24.4 Å². The molecule has 0 spiro atoms. The first-order valence-corrected chi connectivity index (χ1v) is 17.2. The molecule has 1 aromatic rings. The molecule has 0 amide bonds. The predicted molar refractivity (Wildman–Crippen MR) is 164 cm³/mol. The molecule has 16 nitrogen and oxygen atoms in total. The van der Waals surface area contributed by atoms with Gasteiger partial charge in [-0.25, -0.2) is 4.98 Å². The van der Waals surface area contributed by atoms with Crippen molar-refractivity contribution in [3.8, 4) is 0 Å². The maximum absolute atomic E-state index is 12.6. The van der Waals surface area contributed by atoms with Crippen molar-refractivity contribution in [2.24, 2.45) is 28.7 Å². The van der Waals surface area contributed by atoms with Gasteiger partial charge in [-0.15, -0.1) is 0 Å². The Balaban J connectivity index is 1.30. The summed E-state index contributed by atoms with van der Waals surface area (Å²) in [5.41, 5.74) is 30.6. The van der Waals surface area contributed by atoms with Gasteiger partial charge in [-0.3, -0.25) is 4.79 Å². The van der Waals surface area contributed by atoms with E-state index in [0.29, 0.717) is 12.2 Å². The molecular weight excluding hydrogens is 632 g/mol. The number of carbonyl (C=O) groups is 1. The number of rotatable bonds is 13. The van der Waals surface area contributed by atoms with Gasteiger partial charge in [0.15, 0.2) is 12.6 Å². The van der Waals surface area contributed by atoms with Gasteiger partial charge < -0.3 is 72.8 Å². The molecule has 45 heavy (non-hydrogen) atoms. The maximum Gasteiger partial charge on any atom is 0.306 e. The minimum atomic E-state index is -1.51. The van der Waals surface area contributed by atoms with E-state index in [2.05, 4.69) is 4.98 Å². The lowest BCUT2D eigenvalue weighted by Crippen LogP contribution is -2.68. The molecule has 3 heterocycles. The molecule has 4 rings (SSSR count). The molecule has 14 atom stereocenters. The number of hydrogen-bond acceptors (Lipinski definition) is 18. The lowest BCUT2D eigenvalue weighted by Gasteiger charge is -2.48. The fraction of sp³-hybridized carbons (Fsp3) is 0.778. The zero-order valence-electron chi connectivity index (χ0n) is 24.7. The van der Waals surface area contributed by atoms with Crippen LogP contribution in [-0.2, 0) is 28.5 Å². The molecule has 256 valence electrons. The Bertz CT molecular complexity index is 1060. The van der Waals surface area contributed by atoms with Gasteiger partial charge in [0, 0.05) is 37.0 Å². The van der Waals surface area contributed by atoms with Gasteiger partial charge in [-0.2, -0.15) is 0 Å². The summed E-state index contributed by atoms with van der Waals surface area (Å²) in [6.07, 6.45) is -8.74. The Morgan fingerprint density at radius 2 is 1.62 bits per heavy atom. The van der Waals surface area contributed by atoms with Crippen LogP contribution >= 0.6 is 21.6 Å². The normalized spacial score (nSPS) is 40.6. The van der Waals surface area contributed by atoms with Crippen LogP contribution in [0.15, 0.2) is 29.4 Å². The van der Waals surface area contributed by atoms with Gasteiger partial charge in [0.05, 0.1) is 30.9 Å². The third-order valence-corrected chi connectivity index (χ3v) is 10.4. The third-order valence-electron chi connectivity index (χ3n) is 8.04. The number of esters is 1. The molecule has 18 heteroatoms. The molecule has 0 radical (unpaired) electrons. The van der Waals surface area contributed by atoms with Gasteiger partial charge in [0.1, 0.15) is 41.6 Å². The van der Waals surface area contributed by atoms with Gasteiger partial charge in [0.25, 0.3) is 0 Å². The first kappa shape index (κ1) is 36.6. The van der Waals surface area contributed by atoms with E-state index in [9.17, 15) is 25.2 Å². The molecule has 2 saturated heterocycles.